The summed E-state index contributed by atoms with van der Waals surface area (Å²) in [6.45, 7) is 7.64. The second kappa shape index (κ2) is 12.0. The highest BCUT2D eigenvalue weighted by atomic mass is 15.2. The van der Waals surface area contributed by atoms with Gasteiger partial charge in [-0.05, 0) is 55.5 Å². The Morgan fingerprint density at radius 1 is 0.812 bits per heavy atom. The fourth-order valence-corrected chi connectivity index (χ4v) is 4.89. The highest BCUT2D eigenvalue weighted by Crippen LogP contribution is 2.17. The second-order valence-electron chi connectivity index (χ2n) is 9.21. The lowest BCUT2D eigenvalue weighted by molar-refractivity contribution is 0.198. The van der Waals surface area contributed by atoms with E-state index in [1.165, 1.54) is 49.0 Å². The van der Waals surface area contributed by atoms with Crippen LogP contribution in [0, 0.1) is 0 Å². The predicted molar refractivity (Wildman–Crippen MR) is 134 cm³/mol. The van der Waals surface area contributed by atoms with Gasteiger partial charge in [0.1, 0.15) is 0 Å². The smallest absolute Gasteiger partial charge is 0.191 e. The number of piperidine rings is 2. The number of hydrogen-bond donors (Lipinski definition) is 2. The molecular formula is C27H39N5. The first kappa shape index (κ1) is 22.8. The maximum absolute atomic E-state index is 4.50. The molecule has 2 aliphatic heterocycles. The number of hydrogen-bond acceptors (Lipinski definition) is 3. The van der Waals surface area contributed by atoms with Gasteiger partial charge in [-0.3, -0.25) is 14.8 Å². The number of likely N-dealkylation sites (tertiary alicyclic amines) is 2. The summed E-state index contributed by atoms with van der Waals surface area (Å²) in [6, 6.07) is 20.1. The summed E-state index contributed by atoms with van der Waals surface area (Å²) in [6.07, 6.45) is 6.35. The molecule has 0 saturated carbocycles. The van der Waals surface area contributed by atoms with E-state index in [0.717, 1.165) is 51.5 Å². The van der Waals surface area contributed by atoms with Crippen LogP contribution < -0.4 is 10.6 Å². The molecule has 5 heteroatoms. The lowest BCUT2D eigenvalue weighted by Crippen LogP contribution is -2.48. The summed E-state index contributed by atoms with van der Waals surface area (Å²) in [7, 11) is 1.87. The molecule has 2 N–H and O–H groups in total. The molecule has 0 aromatic heterocycles. The van der Waals surface area contributed by atoms with E-state index in [2.05, 4.69) is 80.0 Å². The number of nitrogens with zero attached hydrogens (tertiary/aromatic N) is 3. The Labute approximate surface area is 193 Å². The fraction of sp³-hybridized carbons (Fsp3) is 0.519. The van der Waals surface area contributed by atoms with Crippen LogP contribution in [0.25, 0.3) is 0 Å². The van der Waals surface area contributed by atoms with Crippen LogP contribution in [0.3, 0.4) is 0 Å². The zero-order valence-corrected chi connectivity index (χ0v) is 19.6. The lowest BCUT2D eigenvalue weighted by Gasteiger charge is -2.33. The van der Waals surface area contributed by atoms with E-state index in [-0.39, 0.29) is 0 Å². The van der Waals surface area contributed by atoms with Crippen molar-refractivity contribution >= 4 is 5.96 Å². The SMILES string of the molecule is CN=C(NCc1ccccc1CN1CCCCC1)NC1CCN(Cc2ccccc2)CC1. The first-order valence-corrected chi connectivity index (χ1v) is 12.3. The van der Waals surface area contributed by atoms with Crippen LogP contribution in [-0.4, -0.2) is 55.0 Å². The summed E-state index contributed by atoms with van der Waals surface area (Å²) in [4.78, 5) is 9.65. The van der Waals surface area contributed by atoms with E-state index in [0.29, 0.717) is 6.04 Å². The molecular weight excluding hydrogens is 394 g/mol. The standard InChI is InChI=1S/C27H39N5/c1-28-27(30-26-14-18-32(19-15-26)21-23-10-4-2-5-11-23)29-20-24-12-6-7-13-25(24)22-31-16-8-3-9-17-31/h2,4-7,10-13,26H,3,8-9,14-22H2,1H3,(H2,28,29,30). The Bertz CT molecular complexity index is 836. The number of benzene rings is 2. The summed E-state index contributed by atoms with van der Waals surface area (Å²) >= 11 is 0. The fourth-order valence-electron chi connectivity index (χ4n) is 4.89. The average Bonchev–Trinajstić information content (AvgIpc) is 2.85. The topological polar surface area (TPSA) is 42.9 Å². The van der Waals surface area contributed by atoms with E-state index in [1.807, 2.05) is 7.05 Å². The zero-order chi connectivity index (χ0) is 22.0. The van der Waals surface area contributed by atoms with Gasteiger partial charge in [0.05, 0.1) is 0 Å². The number of nitrogens with one attached hydrogen (secondary N) is 2. The normalized spacial score (nSPS) is 19.1. The zero-order valence-electron chi connectivity index (χ0n) is 19.6. The van der Waals surface area contributed by atoms with Crippen LogP contribution in [0.4, 0.5) is 0 Å². The van der Waals surface area contributed by atoms with Crippen LogP contribution in [0.2, 0.25) is 0 Å². The quantitative estimate of drug-likeness (QED) is 0.512. The van der Waals surface area contributed by atoms with Gasteiger partial charge >= 0.3 is 0 Å². The van der Waals surface area contributed by atoms with E-state index in [9.17, 15) is 0 Å². The maximum Gasteiger partial charge on any atom is 0.191 e. The molecule has 2 heterocycles. The largest absolute Gasteiger partial charge is 0.354 e. The van der Waals surface area contributed by atoms with Crippen molar-refractivity contribution in [3.63, 3.8) is 0 Å². The molecule has 32 heavy (non-hydrogen) atoms. The molecule has 0 radical (unpaired) electrons. The molecule has 4 rings (SSSR count). The van der Waals surface area contributed by atoms with Gasteiger partial charge in [0.2, 0.25) is 0 Å². The third-order valence-corrected chi connectivity index (χ3v) is 6.81. The van der Waals surface area contributed by atoms with Crippen molar-refractivity contribution in [2.45, 2.75) is 57.8 Å². The third kappa shape index (κ3) is 6.81. The van der Waals surface area contributed by atoms with E-state index in [1.54, 1.807) is 0 Å². The highest BCUT2D eigenvalue weighted by molar-refractivity contribution is 5.80. The van der Waals surface area contributed by atoms with Crippen LogP contribution in [0.15, 0.2) is 59.6 Å². The van der Waals surface area contributed by atoms with E-state index >= 15 is 0 Å². The predicted octanol–water partition coefficient (Wildman–Crippen LogP) is 4.00. The highest BCUT2D eigenvalue weighted by Gasteiger charge is 2.20. The Hall–Kier alpha value is -2.37. The maximum atomic E-state index is 4.50. The van der Waals surface area contributed by atoms with E-state index < -0.39 is 0 Å². The minimum Gasteiger partial charge on any atom is -0.354 e. The molecule has 2 aromatic carbocycles. The van der Waals surface area contributed by atoms with Crippen LogP contribution in [0.1, 0.15) is 48.8 Å². The number of guanidine groups is 1. The Balaban J connectivity index is 1.23. The van der Waals surface area contributed by atoms with Gasteiger partial charge in [-0.25, -0.2) is 0 Å². The number of rotatable bonds is 7. The van der Waals surface area contributed by atoms with Crippen molar-refractivity contribution in [2.24, 2.45) is 4.99 Å². The van der Waals surface area contributed by atoms with E-state index in [4.69, 9.17) is 0 Å². The van der Waals surface area contributed by atoms with Crippen LogP contribution in [-0.2, 0) is 19.6 Å². The van der Waals surface area contributed by atoms with Gasteiger partial charge in [0.15, 0.2) is 5.96 Å². The monoisotopic (exact) mass is 433 g/mol. The van der Waals surface area contributed by atoms with Gasteiger partial charge in [0, 0.05) is 45.8 Å². The average molecular weight is 434 g/mol. The van der Waals surface area contributed by atoms with Gasteiger partial charge in [0.25, 0.3) is 0 Å². The second-order valence-corrected chi connectivity index (χ2v) is 9.21. The van der Waals surface area contributed by atoms with Crippen molar-refractivity contribution in [2.75, 3.05) is 33.2 Å². The Morgan fingerprint density at radius 3 is 2.19 bits per heavy atom. The van der Waals surface area contributed by atoms with Crippen LogP contribution >= 0.6 is 0 Å². The first-order valence-electron chi connectivity index (χ1n) is 12.3. The molecule has 0 aliphatic carbocycles. The summed E-state index contributed by atoms with van der Waals surface area (Å²) in [5.41, 5.74) is 4.21. The Morgan fingerprint density at radius 2 is 1.47 bits per heavy atom. The van der Waals surface area contributed by atoms with Crippen molar-refractivity contribution in [1.29, 1.82) is 0 Å². The minimum atomic E-state index is 0.483. The molecule has 2 aliphatic rings. The minimum absolute atomic E-state index is 0.483. The molecule has 2 fully saturated rings. The molecule has 172 valence electrons. The van der Waals surface area contributed by atoms with Gasteiger partial charge in [-0.1, -0.05) is 61.0 Å². The van der Waals surface area contributed by atoms with Crippen molar-refractivity contribution in [3.05, 3.63) is 71.3 Å². The molecule has 0 unspecified atom stereocenters. The van der Waals surface area contributed by atoms with Gasteiger partial charge in [-0.2, -0.15) is 0 Å². The molecule has 2 saturated heterocycles. The summed E-state index contributed by atoms with van der Waals surface area (Å²) in [5, 5.41) is 7.23. The van der Waals surface area contributed by atoms with Crippen molar-refractivity contribution in [3.8, 4) is 0 Å². The van der Waals surface area contributed by atoms with Gasteiger partial charge < -0.3 is 10.6 Å². The Kier molecular flexibility index (Phi) is 8.57. The van der Waals surface area contributed by atoms with Crippen LogP contribution in [0.5, 0.6) is 0 Å². The molecule has 2 aromatic rings. The molecule has 0 spiro atoms. The molecule has 0 bridgehead atoms. The van der Waals surface area contributed by atoms with Crippen molar-refractivity contribution in [1.82, 2.24) is 20.4 Å². The van der Waals surface area contributed by atoms with Crippen molar-refractivity contribution < 1.29 is 0 Å². The lowest BCUT2D eigenvalue weighted by atomic mass is 10.0. The first-order chi connectivity index (χ1) is 15.8. The van der Waals surface area contributed by atoms with Gasteiger partial charge in [-0.15, -0.1) is 0 Å². The third-order valence-electron chi connectivity index (χ3n) is 6.81. The summed E-state index contributed by atoms with van der Waals surface area (Å²) < 4.78 is 0. The molecule has 5 nitrogen and oxygen atoms in total. The number of aliphatic imine (C=N–C) groups is 1. The molecule has 0 amide bonds. The molecule has 0 atom stereocenters. The summed E-state index contributed by atoms with van der Waals surface area (Å²) in [5.74, 6) is 0.916.